The van der Waals surface area contributed by atoms with Crippen LogP contribution in [0.4, 0.5) is 13.2 Å². The lowest BCUT2D eigenvalue weighted by Crippen LogP contribution is -2.36. The summed E-state index contributed by atoms with van der Waals surface area (Å²) in [5, 5.41) is 16.6. The van der Waals surface area contributed by atoms with Gasteiger partial charge < -0.3 is 15.0 Å². The minimum Gasteiger partial charge on any atom is -0.405 e. The average Bonchev–Trinajstić information content (AvgIpc) is 3.44. The molecule has 0 aliphatic rings. The van der Waals surface area contributed by atoms with Gasteiger partial charge in [0.25, 0.3) is 5.91 Å². The molecule has 168 valence electrons. The van der Waals surface area contributed by atoms with Crippen LogP contribution in [-0.4, -0.2) is 23.3 Å². The molecule has 0 aliphatic heterocycles. The van der Waals surface area contributed by atoms with Gasteiger partial charge in [0.15, 0.2) is 0 Å². The number of rotatable bonds is 7. The zero-order valence-electron chi connectivity index (χ0n) is 17.1. The molecule has 0 saturated heterocycles. The van der Waals surface area contributed by atoms with Gasteiger partial charge in [-0.3, -0.25) is 4.79 Å². The van der Waals surface area contributed by atoms with Crippen molar-refractivity contribution in [2.45, 2.75) is 25.2 Å². The maximum Gasteiger partial charge on any atom is 0.573 e. The highest BCUT2D eigenvalue weighted by molar-refractivity contribution is 7.08. The van der Waals surface area contributed by atoms with Crippen molar-refractivity contribution in [3.05, 3.63) is 76.6 Å². The summed E-state index contributed by atoms with van der Waals surface area (Å²) in [5.41, 5.74) is 2.92. The molecule has 0 aliphatic carbocycles. The highest BCUT2D eigenvalue weighted by Gasteiger charge is 2.33. The molecule has 0 fully saturated rings. The highest BCUT2D eigenvalue weighted by Crippen LogP contribution is 2.32. The number of halogens is 3. The smallest absolute Gasteiger partial charge is 0.405 e. The van der Waals surface area contributed by atoms with E-state index in [9.17, 15) is 23.2 Å². The molecule has 1 unspecified atom stereocenters. The molecular weight excluding hydrogens is 451 g/mol. The number of para-hydroxylation sites is 1. The van der Waals surface area contributed by atoms with E-state index in [0.29, 0.717) is 12.0 Å². The summed E-state index contributed by atoms with van der Waals surface area (Å²) in [6, 6.07) is 14.8. The Morgan fingerprint density at radius 3 is 2.73 bits per heavy atom. The molecule has 2 aromatic heterocycles. The van der Waals surface area contributed by atoms with Gasteiger partial charge in [-0.15, -0.1) is 13.2 Å². The van der Waals surface area contributed by atoms with Crippen molar-refractivity contribution in [1.29, 1.82) is 5.26 Å². The molecule has 4 aromatic rings. The van der Waals surface area contributed by atoms with Gasteiger partial charge in [0, 0.05) is 23.1 Å². The van der Waals surface area contributed by atoms with E-state index in [1.165, 1.54) is 23.5 Å². The van der Waals surface area contributed by atoms with Crippen molar-refractivity contribution in [1.82, 2.24) is 10.3 Å². The number of amides is 1. The number of H-pyrrole nitrogens is 1. The number of hydrogen-bond donors (Lipinski definition) is 2. The quantitative estimate of drug-likeness (QED) is 0.346. The summed E-state index contributed by atoms with van der Waals surface area (Å²) in [7, 11) is 0. The van der Waals surface area contributed by atoms with Crippen LogP contribution in [0.1, 0.15) is 22.3 Å². The van der Waals surface area contributed by atoms with Crippen molar-refractivity contribution in [3.8, 4) is 22.9 Å². The first-order chi connectivity index (χ1) is 15.8. The Bertz CT molecular complexity index is 1310. The van der Waals surface area contributed by atoms with Crippen molar-refractivity contribution < 1.29 is 22.7 Å². The summed E-state index contributed by atoms with van der Waals surface area (Å²) in [6.45, 7) is 0. The number of carbonyl (C=O) groups is 1. The number of thiophene rings is 1. The molecule has 2 aromatic carbocycles. The summed E-state index contributed by atoms with van der Waals surface area (Å²) in [6.07, 6.45) is -2.82. The van der Waals surface area contributed by atoms with Crippen molar-refractivity contribution >= 4 is 28.1 Å². The first kappa shape index (κ1) is 22.4. The van der Waals surface area contributed by atoms with Crippen LogP contribution in [0.2, 0.25) is 0 Å². The normalized spacial score (nSPS) is 12.3. The Labute approximate surface area is 191 Å². The second kappa shape index (κ2) is 9.38. The predicted octanol–water partition coefficient (Wildman–Crippen LogP) is 6.05. The van der Waals surface area contributed by atoms with E-state index in [2.05, 4.69) is 15.0 Å². The predicted molar refractivity (Wildman–Crippen MR) is 120 cm³/mol. The molecule has 33 heavy (non-hydrogen) atoms. The van der Waals surface area contributed by atoms with Crippen LogP contribution in [-0.2, 0) is 6.42 Å². The molecule has 1 amide bonds. The van der Waals surface area contributed by atoms with Crippen molar-refractivity contribution in [3.63, 3.8) is 0 Å². The number of aromatic amines is 1. The number of hydrogen-bond acceptors (Lipinski definition) is 4. The summed E-state index contributed by atoms with van der Waals surface area (Å²) in [4.78, 5) is 16.2. The molecule has 0 bridgehead atoms. The topological polar surface area (TPSA) is 77.9 Å². The van der Waals surface area contributed by atoms with Crippen LogP contribution in [0, 0.1) is 11.3 Å². The first-order valence-electron chi connectivity index (χ1n) is 9.99. The fraction of sp³-hybridized carbons (Fsp3) is 0.167. The van der Waals surface area contributed by atoms with Gasteiger partial charge in [-0.2, -0.15) is 16.6 Å². The largest absolute Gasteiger partial charge is 0.573 e. The van der Waals surface area contributed by atoms with Crippen LogP contribution in [0.3, 0.4) is 0 Å². The number of nitriles is 1. The van der Waals surface area contributed by atoms with Crippen molar-refractivity contribution in [2.24, 2.45) is 0 Å². The van der Waals surface area contributed by atoms with E-state index in [-0.39, 0.29) is 12.0 Å². The van der Waals surface area contributed by atoms with Gasteiger partial charge in [-0.05, 0) is 58.1 Å². The van der Waals surface area contributed by atoms with Gasteiger partial charge in [0.2, 0.25) is 0 Å². The molecule has 0 radical (unpaired) electrons. The summed E-state index contributed by atoms with van der Waals surface area (Å²) >= 11 is 1.43. The second-order valence-corrected chi connectivity index (χ2v) is 8.15. The number of fused-ring (bicyclic) bond motifs is 1. The van der Waals surface area contributed by atoms with E-state index < -0.39 is 24.1 Å². The standard InChI is InChI=1S/C24H18F3N3O2S/c25-24(26,27)32-22-6-5-15(16-8-10-33-14-16)12-20(22)23(31)30-18(7-9-28)11-17-13-29-21-4-2-1-3-19(17)21/h1-6,8,10,12-14,18,29H,7,11H2,(H,30,31). The van der Waals surface area contributed by atoms with E-state index >= 15 is 0 Å². The van der Waals surface area contributed by atoms with Crippen LogP contribution in [0.15, 0.2) is 65.5 Å². The lowest BCUT2D eigenvalue weighted by molar-refractivity contribution is -0.274. The van der Waals surface area contributed by atoms with Gasteiger partial charge in [-0.25, -0.2) is 0 Å². The maximum absolute atomic E-state index is 13.1. The second-order valence-electron chi connectivity index (χ2n) is 7.37. The summed E-state index contributed by atoms with van der Waals surface area (Å²) in [5.74, 6) is -1.34. The monoisotopic (exact) mass is 469 g/mol. The van der Waals surface area contributed by atoms with Crippen LogP contribution in [0.25, 0.3) is 22.0 Å². The minimum absolute atomic E-state index is 0.00900. The fourth-order valence-corrected chi connectivity index (χ4v) is 4.31. The molecule has 9 heteroatoms. The van der Waals surface area contributed by atoms with Crippen molar-refractivity contribution in [2.75, 3.05) is 0 Å². The molecule has 4 rings (SSSR count). The van der Waals surface area contributed by atoms with Crippen LogP contribution >= 0.6 is 11.3 Å². The van der Waals surface area contributed by atoms with E-state index in [1.54, 1.807) is 6.20 Å². The molecule has 0 spiro atoms. The fourth-order valence-electron chi connectivity index (χ4n) is 3.64. The third-order valence-electron chi connectivity index (χ3n) is 5.12. The molecule has 0 saturated carbocycles. The van der Waals surface area contributed by atoms with Crippen LogP contribution in [0.5, 0.6) is 5.75 Å². The minimum atomic E-state index is -4.95. The number of aromatic nitrogens is 1. The van der Waals surface area contributed by atoms with E-state index in [4.69, 9.17) is 0 Å². The van der Waals surface area contributed by atoms with E-state index in [1.807, 2.05) is 47.2 Å². The number of nitrogens with one attached hydrogen (secondary N) is 2. The first-order valence-corrected chi connectivity index (χ1v) is 10.9. The molecule has 2 N–H and O–H groups in total. The molecule has 1 atom stereocenters. The van der Waals surface area contributed by atoms with Gasteiger partial charge in [0.1, 0.15) is 5.75 Å². The Balaban J connectivity index is 1.62. The lowest BCUT2D eigenvalue weighted by atomic mass is 10.0. The number of nitrogens with zero attached hydrogens (tertiary/aromatic N) is 1. The Kier molecular flexibility index (Phi) is 6.38. The average molecular weight is 469 g/mol. The van der Waals surface area contributed by atoms with Gasteiger partial charge in [-0.1, -0.05) is 24.3 Å². The lowest BCUT2D eigenvalue weighted by Gasteiger charge is -2.18. The van der Waals surface area contributed by atoms with Gasteiger partial charge in [0.05, 0.1) is 18.1 Å². The third kappa shape index (κ3) is 5.35. The Hall–Kier alpha value is -3.77. The highest BCUT2D eigenvalue weighted by atomic mass is 32.1. The number of ether oxygens (including phenoxy) is 1. The molecule has 2 heterocycles. The molecule has 5 nitrogen and oxygen atoms in total. The third-order valence-corrected chi connectivity index (χ3v) is 5.80. The van der Waals surface area contributed by atoms with E-state index in [0.717, 1.165) is 28.1 Å². The number of alkyl halides is 3. The Morgan fingerprint density at radius 2 is 2.00 bits per heavy atom. The zero-order valence-corrected chi connectivity index (χ0v) is 18.0. The Morgan fingerprint density at radius 1 is 1.18 bits per heavy atom. The number of carbonyl (C=O) groups excluding carboxylic acids is 1. The zero-order chi connectivity index (χ0) is 23.4. The van der Waals surface area contributed by atoms with Gasteiger partial charge >= 0.3 is 6.36 Å². The van der Waals surface area contributed by atoms with Crippen LogP contribution < -0.4 is 10.1 Å². The molecular formula is C24H18F3N3O2S. The SMILES string of the molecule is N#CCC(Cc1c[nH]c2ccccc12)NC(=O)c1cc(-c2ccsc2)ccc1OC(F)(F)F. The number of benzene rings is 2. The maximum atomic E-state index is 13.1. The summed E-state index contributed by atoms with van der Waals surface area (Å²) < 4.78 is 42.9.